The predicted octanol–water partition coefficient (Wildman–Crippen LogP) is 3.02. The highest BCUT2D eigenvalue weighted by atomic mass is 79.9. The maximum atomic E-state index is 4.68. The highest BCUT2D eigenvalue weighted by Gasteiger charge is 2.31. The van der Waals surface area contributed by atoms with Crippen LogP contribution >= 0.6 is 15.9 Å². The largest absolute Gasteiger partial charge is 0.319 e. The number of nitrogens with zero attached hydrogens (tertiary/aromatic N) is 2. The highest BCUT2D eigenvalue weighted by Crippen LogP contribution is 2.38. The molecule has 0 spiro atoms. The molecule has 0 amide bonds. The van der Waals surface area contributed by atoms with E-state index in [1.165, 1.54) is 35.1 Å². The van der Waals surface area contributed by atoms with Gasteiger partial charge in [0.1, 0.15) is 0 Å². The first-order valence-electron chi connectivity index (χ1n) is 7.09. The topological polar surface area (TPSA) is 29.9 Å². The Morgan fingerprint density at radius 3 is 2.56 bits per heavy atom. The molecule has 2 atom stereocenters. The second kappa shape index (κ2) is 6.20. The van der Waals surface area contributed by atoms with Crippen molar-refractivity contribution in [2.24, 2.45) is 11.8 Å². The quantitative estimate of drug-likeness (QED) is 0.875. The number of aryl methyl sites for hydroxylation is 2. The van der Waals surface area contributed by atoms with Crippen molar-refractivity contribution >= 4 is 15.9 Å². The third-order valence-electron chi connectivity index (χ3n) is 4.19. The smallest absolute Gasteiger partial charge is 0.0766 e. The number of halogens is 1. The van der Waals surface area contributed by atoms with Crippen LogP contribution in [0.25, 0.3) is 0 Å². The molecule has 0 radical (unpaired) electrons. The molecule has 1 aromatic heterocycles. The molecule has 0 bridgehead atoms. The van der Waals surface area contributed by atoms with Crippen molar-refractivity contribution in [1.82, 2.24) is 15.1 Å². The summed E-state index contributed by atoms with van der Waals surface area (Å²) < 4.78 is 3.43. The molecule has 102 valence electrons. The molecule has 18 heavy (non-hydrogen) atoms. The molecule has 0 aromatic carbocycles. The van der Waals surface area contributed by atoms with E-state index in [2.05, 4.69) is 51.9 Å². The molecular weight excluding hydrogens is 290 g/mol. The summed E-state index contributed by atoms with van der Waals surface area (Å²) in [5.41, 5.74) is 2.61. The maximum Gasteiger partial charge on any atom is 0.0766 e. The zero-order valence-electron chi connectivity index (χ0n) is 11.7. The molecule has 1 aromatic rings. The fourth-order valence-corrected chi connectivity index (χ4v) is 3.62. The Labute approximate surface area is 118 Å². The van der Waals surface area contributed by atoms with Crippen molar-refractivity contribution in [1.29, 1.82) is 0 Å². The van der Waals surface area contributed by atoms with E-state index in [9.17, 15) is 0 Å². The Morgan fingerprint density at radius 2 is 2.06 bits per heavy atom. The van der Waals surface area contributed by atoms with Gasteiger partial charge in [-0.1, -0.05) is 6.92 Å². The monoisotopic (exact) mass is 313 g/mol. The lowest BCUT2D eigenvalue weighted by Gasteiger charge is -2.36. The van der Waals surface area contributed by atoms with E-state index in [1.807, 2.05) is 0 Å². The summed E-state index contributed by atoms with van der Waals surface area (Å²) in [4.78, 5) is 0. The van der Waals surface area contributed by atoms with Crippen molar-refractivity contribution < 1.29 is 0 Å². The Balaban J connectivity index is 2.11. The zero-order chi connectivity index (χ0) is 13.1. The van der Waals surface area contributed by atoms with E-state index < -0.39 is 0 Å². The van der Waals surface area contributed by atoms with Gasteiger partial charge in [-0.05, 0) is 74.0 Å². The van der Waals surface area contributed by atoms with E-state index in [4.69, 9.17) is 0 Å². The number of nitrogens with one attached hydrogen (secondary N) is 1. The highest BCUT2D eigenvalue weighted by molar-refractivity contribution is 9.10. The second-order valence-corrected chi connectivity index (χ2v) is 6.03. The van der Waals surface area contributed by atoms with Crippen LogP contribution in [0.3, 0.4) is 0 Å². The third-order valence-corrected chi connectivity index (χ3v) is 5.11. The van der Waals surface area contributed by atoms with Crippen LogP contribution in [0.4, 0.5) is 0 Å². The van der Waals surface area contributed by atoms with Crippen LogP contribution in [-0.4, -0.2) is 23.4 Å². The van der Waals surface area contributed by atoms with Gasteiger partial charge in [-0.15, -0.1) is 0 Å². The first kappa shape index (κ1) is 14.1. The van der Waals surface area contributed by atoms with E-state index in [0.717, 1.165) is 31.3 Å². The number of aromatic nitrogens is 2. The maximum absolute atomic E-state index is 4.68. The van der Waals surface area contributed by atoms with E-state index in [1.54, 1.807) is 0 Å². The van der Waals surface area contributed by atoms with Crippen molar-refractivity contribution in [3.05, 3.63) is 15.9 Å². The molecule has 0 aliphatic heterocycles. The van der Waals surface area contributed by atoms with Gasteiger partial charge in [-0.2, -0.15) is 5.10 Å². The average molecular weight is 314 g/mol. The molecule has 1 aliphatic rings. The van der Waals surface area contributed by atoms with Crippen molar-refractivity contribution in [3.8, 4) is 0 Å². The van der Waals surface area contributed by atoms with Crippen LogP contribution in [0.5, 0.6) is 0 Å². The zero-order valence-corrected chi connectivity index (χ0v) is 13.3. The molecule has 2 unspecified atom stereocenters. The Morgan fingerprint density at radius 1 is 1.33 bits per heavy atom. The summed E-state index contributed by atoms with van der Waals surface area (Å²) in [6.45, 7) is 6.47. The summed E-state index contributed by atoms with van der Waals surface area (Å²) in [7, 11) is 2.05. The molecule has 0 saturated heterocycles. The minimum absolute atomic E-state index is 0.834. The second-order valence-electron chi connectivity index (χ2n) is 5.24. The van der Waals surface area contributed by atoms with Gasteiger partial charge in [0.15, 0.2) is 0 Å². The van der Waals surface area contributed by atoms with Crippen LogP contribution < -0.4 is 5.32 Å². The van der Waals surface area contributed by atoms with Gasteiger partial charge in [0.25, 0.3) is 0 Å². The summed E-state index contributed by atoms with van der Waals surface area (Å²) in [5, 5.41) is 7.99. The molecule has 1 heterocycles. The van der Waals surface area contributed by atoms with E-state index in [0.29, 0.717) is 0 Å². The normalized spacial score (nSPS) is 23.1. The predicted molar refractivity (Wildman–Crippen MR) is 78.8 cm³/mol. The Hall–Kier alpha value is -0.350. The van der Waals surface area contributed by atoms with Crippen LogP contribution in [-0.2, 0) is 19.4 Å². The molecule has 3 nitrogen and oxygen atoms in total. The van der Waals surface area contributed by atoms with E-state index >= 15 is 0 Å². The molecule has 2 rings (SSSR count). The Bertz CT molecular complexity index is 400. The number of rotatable bonds is 6. The van der Waals surface area contributed by atoms with Crippen molar-refractivity contribution in [2.75, 3.05) is 13.6 Å². The molecule has 1 N–H and O–H groups in total. The SMILES string of the molecule is CCc1nn(CC)c(CC2CCC2CNC)c1Br. The van der Waals surface area contributed by atoms with Crippen LogP contribution in [0.1, 0.15) is 38.1 Å². The van der Waals surface area contributed by atoms with Gasteiger partial charge in [0.05, 0.1) is 15.9 Å². The van der Waals surface area contributed by atoms with Gasteiger partial charge < -0.3 is 5.32 Å². The van der Waals surface area contributed by atoms with Gasteiger partial charge in [-0.25, -0.2) is 0 Å². The average Bonchev–Trinajstić information content (AvgIpc) is 2.67. The molecule has 1 saturated carbocycles. The molecule has 1 fully saturated rings. The third kappa shape index (κ3) is 2.64. The minimum atomic E-state index is 0.834. The summed E-state index contributed by atoms with van der Waals surface area (Å²) in [5.74, 6) is 1.69. The Kier molecular flexibility index (Phi) is 4.84. The lowest BCUT2D eigenvalue weighted by molar-refractivity contribution is 0.171. The van der Waals surface area contributed by atoms with Gasteiger partial charge >= 0.3 is 0 Å². The lowest BCUT2D eigenvalue weighted by Crippen LogP contribution is -2.35. The fraction of sp³-hybridized carbons (Fsp3) is 0.786. The fourth-order valence-electron chi connectivity index (χ4n) is 2.90. The van der Waals surface area contributed by atoms with Gasteiger partial charge in [-0.3, -0.25) is 4.68 Å². The minimum Gasteiger partial charge on any atom is -0.319 e. The molecule has 4 heteroatoms. The first-order chi connectivity index (χ1) is 8.71. The first-order valence-corrected chi connectivity index (χ1v) is 7.89. The molecular formula is C14H24BrN3. The summed E-state index contributed by atoms with van der Waals surface area (Å²) in [6.07, 6.45) is 4.93. The van der Waals surface area contributed by atoms with Gasteiger partial charge in [0, 0.05) is 6.54 Å². The summed E-state index contributed by atoms with van der Waals surface area (Å²) >= 11 is 3.74. The van der Waals surface area contributed by atoms with Gasteiger partial charge in [0.2, 0.25) is 0 Å². The number of hydrogen-bond donors (Lipinski definition) is 1. The number of hydrogen-bond acceptors (Lipinski definition) is 2. The van der Waals surface area contributed by atoms with Crippen LogP contribution in [0.2, 0.25) is 0 Å². The molecule has 1 aliphatic carbocycles. The van der Waals surface area contributed by atoms with Crippen LogP contribution in [0, 0.1) is 11.8 Å². The summed E-state index contributed by atoms with van der Waals surface area (Å²) in [6, 6.07) is 0. The van der Waals surface area contributed by atoms with Crippen LogP contribution in [0.15, 0.2) is 4.47 Å². The van der Waals surface area contributed by atoms with Crippen molar-refractivity contribution in [2.45, 2.75) is 46.1 Å². The lowest BCUT2D eigenvalue weighted by atomic mass is 9.71. The van der Waals surface area contributed by atoms with Crippen molar-refractivity contribution in [3.63, 3.8) is 0 Å². The van der Waals surface area contributed by atoms with E-state index in [-0.39, 0.29) is 0 Å². The standard InChI is InChI=1S/C14H24BrN3/c1-4-12-14(15)13(18(5-2)17-12)8-10-6-7-11(10)9-16-3/h10-11,16H,4-9H2,1-3H3.